The third-order valence-electron chi connectivity index (χ3n) is 3.32. The minimum Gasteiger partial charge on any atom is -0.339 e. The number of hydrogen-bond acceptors (Lipinski definition) is 3. The highest BCUT2D eigenvalue weighted by atomic mass is 32.2. The summed E-state index contributed by atoms with van der Waals surface area (Å²) in [5.41, 5.74) is 0. The molecule has 4 heteroatoms. The van der Waals surface area contributed by atoms with Crippen molar-refractivity contribution in [2.75, 3.05) is 25.4 Å². The molecule has 1 heterocycles. The molecular weight excluding hydrogens is 220 g/mol. The number of carbonyl (C=O) groups excluding carboxylic acids is 1. The summed E-state index contributed by atoms with van der Waals surface area (Å²) in [4.78, 5) is 13.9. The van der Waals surface area contributed by atoms with Gasteiger partial charge in [-0.05, 0) is 38.4 Å². The zero-order valence-corrected chi connectivity index (χ0v) is 10.9. The molecule has 0 aromatic heterocycles. The Bertz CT molecular complexity index is 237. The zero-order valence-electron chi connectivity index (χ0n) is 10.1. The molecule has 0 bridgehead atoms. The fraction of sp³-hybridized carbons (Fsp3) is 0.917. The van der Waals surface area contributed by atoms with Crippen LogP contribution in [0.15, 0.2) is 0 Å². The van der Waals surface area contributed by atoms with E-state index >= 15 is 0 Å². The van der Waals surface area contributed by atoms with Crippen molar-refractivity contribution in [3.05, 3.63) is 0 Å². The number of nitrogens with one attached hydrogen (secondary N) is 1. The predicted octanol–water partition coefficient (Wildman–Crippen LogP) is 1.48. The Labute approximate surface area is 102 Å². The van der Waals surface area contributed by atoms with Gasteiger partial charge >= 0.3 is 0 Å². The molecule has 1 saturated heterocycles. The van der Waals surface area contributed by atoms with E-state index in [4.69, 9.17) is 0 Å². The number of amides is 1. The molecule has 1 aliphatic carbocycles. The van der Waals surface area contributed by atoms with Crippen molar-refractivity contribution < 1.29 is 4.79 Å². The van der Waals surface area contributed by atoms with Gasteiger partial charge in [-0.25, -0.2) is 0 Å². The summed E-state index contributed by atoms with van der Waals surface area (Å²) in [5.74, 6) is 1.58. The zero-order chi connectivity index (χ0) is 11.4. The molecule has 1 unspecified atom stereocenters. The molecule has 92 valence electrons. The van der Waals surface area contributed by atoms with E-state index in [2.05, 4.69) is 12.2 Å². The van der Waals surface area contributed by atoms with E-state index in [1.54, 1.807) is 0 Å². The van der Waals surface area contributed by atoms with E-state index < -0.39 is 0 Å². The topological polar surface area (TPSA) is 32.3 Å². The highest BCUT2D eigenvalue weighted by molar-refractivity contribution is 8.00. The third kappa shape index (κ3) is 3.39. The first kappa shape index (κ1) is 12.2. The summed E-state index contributed by atoms with van der Waals surface area (Å²) < 4.78 is 0. The Morgan fingerprint density at radius 3 is 2.81 bits per heavy atom. The quantitative estimate of drug-likeness (QED) is 0.766. The van der Waals surface area contributed by atoms with Crippen molar-refractivity contribution in [3.8, 4) is 0 Å². The van der Waals surface area contributed by atoms with Crippen LogP contribution in [0.5, 0.6) is 0 Å². The lowest BCUT2D eigenvalue weighted by Gasteiger charge is -2.21. The number of rotatable bonds is 6. The summed E-state index contributed by atoms with van der Waals surface area (Å²) in [6.45, 7) is 4.46. The van der Waals surface area contributed by atoms with Gasteiger partial charge in [0.15, 0.2) is 0 Å². The van der Waals surface area contributed by atoms with E-state index in [0.29, 0.717) is 12.6 Å². The van der Waals surface area contributed by atoms with Crippen molar-refractivity contribution >= 4 is 17.7 Å². The lowest BCUT2D eigenvalue weighted by molar-refractivity contribution is -0.130. The highest BCUT2D eigenvalue weighted by Crippen LogP contribution is 2.27. The molecule has 1 atom stereocenters. The second kappa shape index (κ2) is 5.92. The van der Waals surface area contributed by atoms with Gasteiger partial charge in [0.25, 0.3) is 0 Å². The Hall–Kier alpha value is -0.220. The maximum Gasteiger partial charge on any atom is 0.236 e. The number of hydrogen-bond donors (Lipinski definition) is 1. The molecule has 2 aliphatic rings. The number of nitrogens with zero attached hydrogens (tertiary/aromatic N) is 1. The number of carbonyl (C=O) groups is 1. The van der Waals surface area contributed by atoms with E-state index in [0.717, 1.165) is 18.3 Å². The Kier molecular flexibility index (Phi) is 4.53. The number of likely N-dealkylation sites (N-methyl/N-ethyl adjacent to an activating group) is 1. The lowest BCUT2D eigenvalue weighted by Crippen LogP contribution is -2.40. The SMILES string of the molecule is CCN(C(=O)CNCC1CCCS1)C1CC1. The van der Waals surface area contributed by atoms with Crippen molar-refractivity contribution in [3.63, 3.8) is 0 Å². The van der Waals surface area contributed by atoms with E-state index in [1.165, 1.54) is 31.4 Å². The first-order valence-electron chi connectivity index (χ1n) is 6.43. The second-order valence-electron chi connectivity index (χ2n) is 4.68. The van der Waals surface area contributed by atoms with Crippen molar-refractivity contribution in [1.82, 2.24) is 10.2 Å². The van der Waals surface area contributed by atoms with Gasteiger partial charge in [0.05, 0.1) is 6.54 Å². The van der Waals surface area contributed by atoms with Crippen molar-refractivity contribution in [2.45, 2.75) is 43.9 Å². The molecule has 3 nitrogen and oxygen atoms in total. The van der Waals surface area contributed by atoms with Crippen LogP contribution < -0.4 is 5.32 Å². The normalized spacial score (nSPS) is 24.7. The standard InChI is InChI=1S/C12H22N2OS/c1-2-14(10-5-6-10)12(15)9-13-8-11-4-3-7-16-11/h10-11,13H,2-9H2,1H3. The van der Waals surface area contributed by atoms with Crippen LogP contribution >= 0.6 is 11.8 Å². The van der Waals surface area contributed by atoms with Crippen LogP contribution in [-0.2, 0) is 4.79 Å². The molecule has 0 aromatic carbocycles. The fourth-order valence-corrected chi connectivity index (χ4v) is 3.51. The molecule has 1 saturated carbocycles. The summed E-state index contributed by atoms with van der Waals surface area (Å²) >= 11 is 2.04. The smallest absolute Gasteiger partial charge is 0.236 e. The van der Waals surface area contributed by atoms with E-state index in [1.807, 2.05) is 16.7 Å². The Balaban J connectivity index is 1.62. The second-order valence-corrected chi connectivity index (χ2v) is 6.09. The van der Waals surface area contributed by atoms with Crippen molar-refractivity contribution in [2.24, 2.45) is 0 Å². The molecule has 1 N–H and O–H groups in total. The molecule has 1 amide bonds. The van der Waals surface area contributed by atoms with E-state index in [9.17, 15) is 4.79 Å². The monoisotopic (exact) mass is 242 g/mol. The van der Waals surface area contributed by atoms with Crippen LogP contribution in [0.2, 0.25) is 0 Å². The molecule has 1 aliphatic heterocycles. The molecule has 16 heavy (non-hydrogen) atoms. The average molecular weight is 242 g/mol. The van der Waals surface area contributed by atoms with Gasteiger partial charge in [-0.3, -0.25) is 4.79 Å². The van der Waals surface area contributed by atoms with Crippen LogP contribution in [0.25, 0.3) is 0 Å². The van der Waals surface area contributed by atoms with Gasteiger partial charge in [-0.15, -0.1) is 0 Å². The maximum atomic E-state index is 11.9. The van der Waals surface area contributed by atoms with Crippen LogP contribution in [0.1, 0.15) is 32.6 Å². The summed E-state index contributed by atoms with van der Waals surface area (Å²) in [6, 6.07) is 0.556. The minimum atomic E-state index is 0.285. The molecule has 0 radical (unpaired) electrons. The maximum absolute atomic E-state index is 11.9. The van der Waals surface area contributed by atoms with E-state index in [-0.39, 0.29) is 5.91 Å². The average Bonchev–Trinajstić information content (AvgIpc) is 2.96. The number of thioether (sulfide) groups is 1. The summed E-state index contributed by atoms with van der Waals surface area (Å²) in [7, 11) is 0. The van der Waals surface area contributed by atoms with Gasteiger partial charge in [-0.1, -0.05) is 0 Å². The van der Waals surface area contributed by atoms with Crippen molar-refractivity contribution in [1.29, 1.82) is 0 Å². The third-order valence-corrected chi connectivity index (χ3v) is 4.72. The molecule has 2 fully saturated rings. The lowest BCUT2D eigenvalue weighted by atomic mass is 10.2. The van der Waals surface area contributed by atoms with Crippen LogP contribution in [0.4, 0.5) is 0 Å². The van der Waals surface area contributed by atoms with Crippen LogP contribution in [-0.4, -0.2) is 47.5 Å². The fourth-order valence-electron chi connectivity index (χ4n) is 2.27. The Morgan fingerprint density at radius 1 is 1.44 bits per heavy atom. The highest BCUT2D eigenvalue weighted by Gasteiger charge is 2.30. The first-order chi connectivity index (χ1) is 7.81. The first-order valence-corrected chi connectivity index (χ1v) is 7.48. The van der Waals surface area contributed by atoms with Crippen LogP contribution in [0, 0.1) is 0 Å². The summed E-state index contributed by atoms with van der Waals surface area (Å²) in [6.07, 6.45) is 5.07. The summed E-state index contributed by atoms with van der Waals surface area (Å²) in [5, 5.41) is 4.05. The largest absolute Gasteiger partial charge is 0.339 e. The minimum absolute atomic E-state index is 0.285. The molecule has 2 rings (SSSR count). The van der Waals surface area contributed by atoms with Gasteiger partial charge in [0.1, 0.15) is 0 Å². The molecule has 0 spiro atoms. The predicted molar refractivity (Wildman–Crippen MR) is 68.8 cm³/mol. The van der Waals surface area contributed by atoms with Crippen LogP contribution in [0.3, 0.4) is 0 Å². The van der Waals surface area contributed by atoms with Gasteiger partial charge in [0, 0.05) is 24.4 Å². The molecule has 0 aromatic rings. The van der Waals surface area contributed by atoms with Gasteiger partial charge < -0.3 is 10.2 Å². The molecular formula is C12H22N2OS. The van der Waals surface area contributed by atoms with Gasteiger partial charge in [0.2, 0.25) is 5.91 Å². The Morgan fingerprint density at radius 2 is 2.25 bits per heavy atom. The van der Waals surface area contributed by atoms with Gasteiger partial charge in [-0.2, -0.15) is 11.8 Å².